The Hall–Kier alpha value is -7.86. The molecule has 0 aliphatic heterocycles. The highest BCUT2D eigenvalue weighted by Gasteiger charge is 2.22. The molecule has 0 N–H and O–H groups in total. The Morgan fingerprint density at radius 2 is 0.927 bits per heavy atom. The molecule has 0 aliphatic rings. The van der Waals surface area contributed by atoms with Gasteiger partial charge in [0.25, 0.3) is 0 Å². The van der Waals surface area contributed by atoms with E-state index in [1.165, 1.54) is 32.6 Å². The van der Waals surface area contributed by atoms with Crippen molar-refractivity contribution in [3.8, 4) is 34.3 Å². The van der Waals surface area contributed by atoms with E-state index in [0.717, 1.165) is 61.0 Å². The molecule has 3 heterocycles. The van der Waals surface area contributed by atoms with Crippen LogP contribution in [0, 0.1) is 17.9 Å². The lowest BCUT2D eigenvalue weighted by Crippen LogP contribution is -2.00. The molecule has 8 aromatic carbocycles. The summed E-state index contributed by atoms with van der Waals surface area (Å²) in [5.41, 5.74) is 12.3. The molecule has 0 bridgehead atoms. The SMILES string of the molecule is [C-]#[N+]c1cccc2c1c1ccccc1n2-c1cccc(-c2cccc(-n3c4ccccc4c4c(-n5c6ccccc6c6ccccc65)cccc43)c2)c1C#N. The summed E-state index contributed by atoms with van der Waals surface area (Å²) in [5, 5.41) is 17.6. The highest BCUT2D eigenvalue weighted by atomic mass is 15.0. The van der Waals surface area contributed by atoms with Crippen molar-refractivity contribution in [1.82, 2.24) is 13.7 Å². The van der Waals surface area contributed by atoms with Gasteiger partial charge < -0.3 is 13.7 Å². The van der Waals surface area contributed by atoms with Crippen molar-refractivity contribution >= 4 is 71.1 Å². The highest BCUT2D eigenvalue weighted by molar-refractivity contribution is 6.17. The average Bonchev–Trinajstić information content (AvgIpc) is 3.89. The molecule has 5 heteroatoms. The second kappa shape index (κ2) is 11.8. The normalized spacial score (nSPS) is 11.6. The molecular weight excluding hydrogens is 671 g/mol. The summed E-state index contributed by atoms with van der Waals surface area (Å²) in [7, 11) is 0. The van der Waals surface area contributed by atoms with Crippen molar-refractivity contribution in [2.75, 3.05) is 0 Å². The van der Waals surface area contributed by atoms with Crippen LogP contribution >= 0.6 is 0 Å². The minimum atomic E-state index is 0.575. The Kier molecular flexibility index (Phi) is 6.61. The molecule has 0 atom stereocenters. The van der Waals surface area contributed by atoms with E-state index in [1.54, 1.807) is 0 Å². The fraction of sp³-hybridized carbons (Fsp3) is 0. The van der Waals surface area contributed by atoms with E-state index in [-0.39, 0.29) is 0 Å². The van der Waals surface area contributed by atoms with Gasteiger partial charge in [-0.25, -0.2) is 4.85 Å². The van der Waals surface area contributed by atoms with Crippen LogP contribution in [0.25, 0.3) is 98.5 Å². The van der Waals surface area contributed by atoms with Crippen LogP contribution in [0.4, 0.5) is 5.69 Å². The molecule has 0 saturated heterocycles. The number of aromatic nitrogens is 3. The Labute approximate surface area is 316 Å². The first-order valence-corrected chi connectivity index (χ1v) is 18.3. The van der Waals surface area contributed by atoms with Crippen LogP contribution in [0.5, 0.6) is 0 Å². The van der Waals surface area contributed by atoms with Crippen molar-refractivity contribution in [1.29, 1.82) is 5.26 Å². The van der Waals surface area contributed by atoms with Gasteiger partial charge in [0.2, 0.25) is 0 Å². The molecule has 254 valence electrons. The lowest BCUT2D eigenvalue weighted by Gasteiger charge is -2.15. The van der Waals surface area contributed by atoms with Gasteiger partial charge in [-0.05, 0) is 71.6 Å². The summed E-state index contributed by atoms with van der Waals surface area (Å²) in [4.78, 5) is 3.86. The summed E-state index contributed by atoms with van der Waals surface area (Å²) in [6.07, 6.45) is 0. The minimum Gasteiger partial charge on any atom is -0.309 e. The number of benzene rings is 8. The number of fused-ring (bicyclic) bond motifs is 9. The highest BCUT2D eigenvalue weighted by Crippen LogP contribution is 2.42. The maximum Gasteiger partial charge on any atom is 0.197 e. The maximum absolute atomic E-state index is 10.9. The van der Waals surface area contributed by atoms with Gasteiger partial charge in [0.1, 0.15) is 6.07 Å². The van der Waals surface area contributed by atoms with E-state index >= 15 is 0 Å². The molecule has 0 aliphatic carbocycles. The molecular formula is C50H29N5. The van der Waals surface area contributed by atoms with Crippen LogP contribution in [0.2, 0.25) is 0 Å². The Morgan fingerprint density at radius 1 is 0.436 bits per heavy atom. The molecule has 0 saturated carbocycles. The molecule has 3 aromatic heterocycles. The quantitative estimate of drug-likeness (QED) is 0.169. The van der Waals surface area contributed by atoms with Gasteiger partial charge in [0, 0.05) is 43.7 Å². The predicted octanol–water partition coefficient (Wildman–Crippen LogP) is 13.1. The zero-order chi connectivity index (χ0) is 36.6. The number of nitrogens with zero attached hydrogens (tertiary/aromatic N) is 5. The number of para-hydroxylation sites is 4. The van der Waals surface area contributed by atoms with Gasteiger partial charge in [-0.15, -0.1) is 0 Å². The standard InChI is InChI=1S/C50H29N5/c1-52-40-21-12-27-46-49(40)37-18-4-9-25-44(37)55(46)45-26-11-20-34(39(45)31-51)32-14-10-15-33(30-32)53-43-24-8-5-19-38(43)50-47(53)28-13-29-48(50)54-41-22-6-2-16-35(41)36-17-3-7-23-42(36)54/h2-30H. The van der Waals surface area contributed by atoms with Crippen LogP contribution in [0.3, 0.4) is 0 Å². The second-order valence-corrected chi connectivity index (χ2v) is 13.9. The van der Waals surface area contributed by atoms with E-state index in [2.05, 4.69) is 152 Å². The summed E-state index contributed by atoms with van der Waals surface area (Å²) >= 11 is 0. The molecule has 11 rings (SSSR count). The summed E-state index contributed by atoms with van der Waals surface area (Å²) in [6.45, 7) is 7.89. The topological polar surface area (TPSA) is 42.9 Å². The molecule has 0 unspecified atom stereocenters. The Bertz CT molecular complexity index is 3420. The molecule has 0 radical (unpaired) electrons. The minimum absolute atomic E-state index is 0.575. The van der Waals surface area contributed by atoms with Crippen LogP contribution in [-0.4, -0.2) is 13.7 Å². The number of nitriles is 1. The zero-order valence-corrected chi connectivity index (χ0v) is 29.5. The third-order valence-electron chi connectivity index (χ3n) is 11.1. The number of rotatable bonds is 4. The first kappa shape index (κ1) is 30.7. The van der Waals surface area contributed by atoms with Crippen LogP contribution < -0.4 is 0 Å². The molecule has 55 heavy (non-hydrogen) atoms. The fourth-order valence-electron chi connectivity index (χ4n) is 8.90. The molecule has 0 amide bonds. The first-order valence-electron chi connectivity index (χ1n) is 18.3. The number of hydrogen-bond donors (Lipinski definition) is 0. The van der Waals surface area contributed by atoms with Gasteiger partial charge in [0.15, 0.2) is 5.69 Å². The molecule has 0 spiro atoms. The molecule has 0 fully saturated rings. The van der Waals surface area contributed by atoms with Crippen LogP contribution in [0.1, 0.15) is 5.56 Å². The van der Waals surface area contributed by atoms with Crippen LogP contribution in [-0.2, 0) is 0 Å². The summed E-state index contributed by atoms with van der Waals surface area (Å²) in [6, 6.07) is 63.6. The van der Waals surface area contributed by atoms with E-state index < -0.39 is 0 Å². The molecule has 5 nitrogen and oxygen atoms in total. The summed E-state index contributed by atoms with van der Waals surface area (Å²) < 4.78 is 6.88. The predicted molar refractivity (Wildman–Crippen MR) is 226 cm³/mol. The lowest BCUT2D eigenvalue weighted by molar-refractivity contribution is 1.16. The first-order chi connectivity index (χ1) is 27.2. The van der Waals surface area contributed by atoms with Gasteiger partial charge in [-0.3, -0.25) is 0 Å². The van der Waals surface area contributed by atoms with Crippen molar-refractivity contribution in [2.45, 2.75) is 0 Å². The monoisotopic (exact) mass is 699 g/mol. The largest absolute Gasteiger partial charge is 0.309 e. The maximum atomic E-state index is 10.9. The van der Waals surface area contributed by atoms with Crippen molar-refractivity contribution in [3.63, 3.8) is 0 Å². The summed E-state index contributed by atoms with van der Waals surface area (Å²) in [5.74, 6) is 0. The number of hydrogen-bond acceptors (Lipinski definition) is 1. The molecule has 11 aromatic rings. The Morgan fingerprint density at radius 3 is 1.60 bits per heavy atom. The third kappa shape index (κ3) is 4.33. The smallest absolute Gasteiger partial charge is 0.197 e. The van der Waals surface area contributed by atoms with Gasteiger partial charge >= 0.3 is 0 Å². The van der Waals surface area contributed by atoms with Gasteiger partial charge in [0.05, 0.1) is 51.1 Å². The third-order valence-corrected chi connectivity index (χ3v) is 11.1. The van der Waals surface area contributed by atoms with Gasteiger partial charge in [-0.2, -0.15) is 5.26 Å². The van der Waals surface area contributed by atoms with Crippen molar-refractivity contribution in [3.05, 3.63) is 193 Å². The fourth-order valence-corrected chi connectivity index (χ4v) is 8.90. The van der Waals surface area contributed by atoms with E-state index in [9.17, 15) is 5.26 Å². The van der Waals surface area contributed by atoms with Gasteiger partial charge in [-0.1, -0.05) is 115 Å². The second-order valence-electron chi connectivity index (χ2n) is 13.9. The van der Waals surface area contributed by atoms with E-state index in [0.29, 0.717) is 11.3 Å². The van der Waals surface area contributed by atoms with Crippen molar-refractivity contribution < 1.29 is 0 Å². The van der Waals surface area contributed by atoms with E-state index in [1.807, 2.05) is 48.5 Å². The van der Waals surface area contributed by atoms with Crippen LogP contribution in [0.15, 0.2) is 176 Å². The Balaban J connectivity index is 1.14. The lowest BCUT2D eigenvalue weighted by atomic mass is 9.98. The van der Waals surface area contributed by atoms with Crippen molar-refractivity contribution in [2.24, 2.45) is 0 Å². The average molecular weight is 700 g/mol. The zero-order valence-electron chi connectivity index (χ0n) is 29.5. The van der Waals surface area contributed by atoms with E-state index in [4.69, 9.17) is 6.57 Å².